The first-order valence-electron chi connectivity index (χ1n) is 13.1. The van der Waals surface area contributed by atoms with Crippen LogP contribution in [0.15, 0.2) is 24.3 Å². The fourth-order valence-corrected chi connectivity index (χ4v) is 6.69. The summed E-state index contributed by atoms with van der Waals surface area (Å²) in [5.74, 6) is 1.28. The van der Waals surface area contributed by atoms with Gasteiger partial charge in [-0.05, 0) is 79.8 Å². The molecule has 6 atom stereocenters. The minimum Gasteiger partial charge on any atom is -1.00 e. The Kier molecular flexibility index (Phi) is 10.7. The number of halogens is 3. The highest BCUT2D eigenvalue weighted by Gasteiger charge is 2.68. The molecular formula is C27H42BCl2FNO3-. The quantitative estimate of drug-likeness (QED) is 0.296. The van der Waals surface area contributed by atoms with Crippen molar-refractivity contribution in [1.82, 2.24) is 0 Å². The van der Waals surface area contributed by atoms with E-state index in [0.717, 1.165) is 44.1 Å². The first-order valence-corrected chi connectivity index (χ1v) is 13.1. The predicted octanol–water partition coefficient (Wildman–Crippen LogP) is -0.985. The molecule has 35 heavy (non-hydrogen) atoms. The van der Waals surface area contributed by atoms with Crippen molar-refractivity contribution in [3.8, 4) is 0 Å². The van der Waals surface area contributed by atoms with Crippen LogP contribution in [0, 0.1) is 23.1 Å². The van der Waals surface area contributed by atoms with Gasteiger partial charge in [0.1, 0.15) is 11.9 Å². The lowest BCUT2D eigenvalue weighted by atomic mass is 9.43. The SMILES string of the molecule is CCCCC[C@H]([NH3+])C(=O)CC[C@@H](Cc1ccc(F)cc1)B1OC2CC3CC(C3(C)C)[C@@]2(C)O1.[Cl-].[Cl-]. The zero-order chi connectivity index (χ0) is 23.8. The second-order valence-electron chi connectivity index (χ2n) is 11.6. The highest BCUT2D eigenvalue weighted by atomic mass is 35.5. The van der Waals surface area contributed by atoms with Gasteiger partial charge in [-0.3, -0.25) is 4.79 Å². The Morgan fingerprint density at radius 2 is 1.83 bits per heavy atom. The lowest BCUT2D eigenvalue weighted by Crippen LogP contribution is -3.00. The van der Waals surface area contributed by atoms with E-state index in [2.05, 4.69) is 33.4 Å². The van der Waals surface area contributed by atoms with Crippen molar-refractivity contribution in [1.29, 1.82) is 0 Å². The van der Waals surface area contributed by atoms with Gasteiger partial charge in [0, 0.05) is 12.8 Å². The topological polar surface area (TPSA) is 63.2 Å². The number of hydrogen-bond donors (Lipinski definition) is 1. The van der Waals surface area contributed by atoms with Crippen LogP contribution in [0.4, 0.5) is 4.39 Å². The van der Waals surface area contributed by atoms with Crippen molar-refractivity contribution >= 4 is 12.9 Å². The monoisotopic (exact) mass is 528 g/mol. The molecule has 4 fully saturated rings. The third-order valence-corrected chi connectivity index (χ3v) is 9.14. The molecule has 1 heterocycles. The average molecular weight is 529 g/mol. The van der Waals surface area contributed by atoms with Crippen molar-refractivity contribution in [3.63, 3.8) is 0 Å². The summed E-state index contributed by atoms with van der Waals surface area (Å²) in [4.78, 5) is 12.8. The Balaban J connectivity index is 0.00000216. The lowest BCUT2D eigenvalue weighted by molar-refractivity contribution is -0.404. The predicted molar refractivity (Wildman–Crippen MR) is 129 cm³/mol. The molecule has 8 heteroatoms. The highest BCUT2D eigenvalue weighted by Crippen LogP contribution is 2.66. The number of Topliss-reactive ketones (excluding diaryl/α,β-unsaturated/α-hetero) is 1. The van der Waals surface area contributed by atoms with Crippen LogP contribution in [0.25, 0.3) is 0 Å². The second-order valence-corrected chi connectivity index (χ2v) is 11.6. The van der Waals surface area contributed by atoms with Crippen LogP contribution in [-0.4, -0.2) is 30.6 Å². The van der Waals surface area contributed by atoms with Gasteiger partial charge in [0.25, 0.3) is 0 Å². The van der Waals surface area contributed by atoms with Gasteiger partial charge in [-0.25, -0.2) is 4.39 Å². The summed E-state index contributed by atoms with van der Waals surface area (Å²) in [6.07, 6.45) is 8.54. The second kappa shape index (κ2) is 12.3. The molecule has 4 nitrogen and oxygen atoms in total. The van der Waals surface area contributed by atoms with Gasteiger partial charge in [-0.2, -0.15) is 0 Å². The molecule has 3 saturated carbocycles. The van der Waals surface area contributed by atoms with Gasteiger partial charge in [0.05, 0.1) is 11.7 Å². The number of carbonyl (C=O) groups is 1. The zero-order valence-corrected chi connectivity index (χ0v) is 23.2. The summed E-state index contributed by atoms with van der Waals surface area (Å²) in [5, 5.41) is 0. The fraction of sp³-hybridized carbons (Fsp3) is 0.741. The largest absolute Gasteiger partial charge is 1.00 e. The number of ketones is 1. The first kappa shape index (κ1) is 30.6. The average Bonchev–Trinajstić information content (AvgIpc) is 3.14. The Morgan fingerprint density at radius 3 is 2.46 bits per heavy atom. The molecule has 198 valence electrons. The summed E-state index contributed by atoms with van der Waals surface area (Å²) in [7, 11) is -0.323. The maximum absolute atomic E-state index is 13.5. The Morgan fingerprint density at radius 1 is 1.14 bits per heavy atom. The van der Waals surface area contributed by atoms with Gasteiger partial charge in [0.2, 0.25) is 0 Å². The van der Waals surface area contributed by atoms with E-state index in [1.54, 1.807) is 0 Å². The van der Waals surface area contributed by atoms with Gasteiger partial charge >= 0.3 is 7.12 Å². The first-order chi connectivity index (χ1) is 15.6. The smallest absolute Gasteiger partial charge is 0.461 e. The van der Waals surface area contributed by atoms with E-state index in [9.17, 15) is 9.18 Å². The van der Waals surface area contributed by atoms with Gasteiger partial charge in [0.15, 0.2) is 5.78 Å². The van der Waals surface area contributed by atoms with Crippen molar-refractivity contribution in [3.05, 3.63) is 35.6 Å². The van der Waals surface area contributed by atoms with Crippen LogP contribution in [0.1, 0.15) is 84.6 Å². The van der Waals surface area contributed by atoms with Crippen molar-refractivity contribution in [2.45, 2.75) is 109 Å². The van der Waals surface area contributed by atoms with Crippen LogP contribution in [0.5, 0.6) is 0 Å². The molecular weight excluding hydrogens is 487 g/mol. The normalized spacial score (nSPS) is 29.8. The van der Waals surface area contributed by atoms with E-state index < -0.39 is 0 Å². The summed E-state index contributed by atoms with van der Waals surface area (Å²) < 4.78 is 26.8. The number of carbonyl (C=O) groups excluding carboxylic acids is 1. The van der Waals surface area contributed by atoms with E-state index >= 15 is 0 Å². The van der Waals surface area contributed by atoms with Gasteiger partial charge in [-0.1, -0.05) is 45.7 Å². The van der Waals surface area contributed by atoms with E-state index in [1.807, 2.05) is 12.1 Å². The Labute approximate surface area is 223 Å². The Hall–Kier alpha value is -0.655. The number of quaternary nitrogens is 1. The molecule has 0 spiro atoms. The molecule has 1 aliphatic heterocycles. The lowest BCUT2D eigenvalue weighted by Gasteiger charge is -2.64. The molecule has 3 aliphatic carbocycles. The summed E-state index contributed by atoms with van der Waals surface area (Å²) in [6.45, 7) is 9.14. The molecule has 1 aromatic rings. The van der Waals surface area contributed by atoms with Crippen LogP contribution >= 0.6 is 0 Å². The maximum atomic E-state index is 13.5. The van der Waals surface area contributed by atoms with Crippen molar-refractivity contribution in [2.75, 3.05) is 0 Å². The van der Waals surface area contributed by atoms with Gasteiger partial charge in [-0.15, -0.1) is 0 Å². The minimum absolute atomic E-state index is 0. The van der Waals surface area contributed by atoms with Crippen LogP contribution < -0.4 is 30.5 Å². The molecule has 0 radical (unpaired) electrons. The van der Waals surface area contributed by atoms with Crippen molar-refractivity contribution in [2.24, 2.45) is 17.3 Å². The van der Waals surface area contributed by atoms with Gasteiger partial charge < -0.3 is 39.9 Å². The van der Waals surface area contributed by atoms with E-state index in [-0.39, 0.29) is 67.1 Å². The molecule has 1 saturated heterocycles. The maximum Gasteiger partial charge on any atom is 0.461 e. The zero-order valence-electron chi connectivity index (χ0n) is 21.7. The van der Waals surface area contributed by atoms with Crippen molar-refractivity contribution < 1.29 is 49.0 Å². The summed E-state index contributed by atoms with van der Waals surface area (Å²) in [6, 6.07) is 6.55. The molecule has 1 aromatic carbocycles. The Bertz CT molecular complexity index is 842. The number of hydrogen-bond acceptors (Lipinski definition) is 3. The summed E-state index contributed by atoms with van der Waals surface area (Å²) in [5.41, 5.74) is 5.22. The molecule has 0 aromatic heterocycles. The standard InChI is InChI=1S/C27H41BFNO3.2ClH/c1-5-6-7-8-22(30)23(31)14-11-20(15-18-9-12-21(29)13-10-18)28-32-25-17-19-16-24(26(19,2)3)27(25,4)33-28;;/h9-10,12-13,19-20,22,24-25H,5-8,11,14-17,30H2,1-4H3;2*1H/p-1/t19?,20-,22-,24?,25?,27+;;/m0../s1. The third kappa shape index (κ3) is 6.26. The fourth-order valence-electron chi connectivity index (χ4n) is 6.69. The molecule has 2 bridgehead atoms. The summed E-state index contributed by atoms with van der Waals surface area (Å²) >= 11 is 0. The number of unbranched alkanes of at least 4 members (excludes halogenated alkanes) is 2. The number of benzene rings is 1. The van der Waals surface area contributed by atoms with E-state index in [0.29, 0.717) is 30.1 Å². The van der Waals surface area contributed by atoms with Crippen LogP contribution in [0.3, 0.4) is 0 Å². The third-order valence-electron chi connectivity index (χ3n) is 9.14. The van der Waals surface area contributed by atoms with Crippen LogP contribution in [-0.2, 0) is 20.5 Å². The molecule has 3 N–H and O–H groups in total. The van der Waals surface area contributed by atoms with Crippen LogP contribution in [0.2, 0.25) is 5.82 Å². The molecule has 0 amide bonds. The minimum atomic E-state index is -0.323. The van der Waals surface area contributed by atoms with E-state index in [4.69, 9.17) is 9.31 Å². The molecule has 3 unspecified atom stereocenters. The van der Waals surface area contributed by atoms with E-state index in [1.165, 1.54) is 18.6 Å². The highest BCUT2D eigenvalue weighted by molar-refractivity contribution is 6.47. The molecule has 4 aliphatic rings. The molecule has 5 rings (SSSR count). The number of rotatable bonds is 11.